The van der Waals surface area contributed by atoms with Crippen LogP contribution in [0, 0.1) is 0 Å². The third-order valence-corrected chi connectivity index (χ3v) is 6.26. The fourth-order valence-electron chi connectivity index (χ4n) is 4.65. The molecule has 0 atom stereocenters. The summed E-state index contributed by atoms with van der Waals surface area (Å²) in [6.07, 6.45) is 0.164. The minimum Gasteiger partial charge on any atom is -0.489 e. The van der Waals surface area contributed by atoms with Crippen molar-refractivity contribution in [1.29, 1.82) is 0 Å². The molecule has 3 heteroatoms. The molecule has 0 unspecified atom stereocenters. The van der Waals surface area contributed by atoms with Gasteiger partial charge in [-0.25, -0.2) is 0 Å². The van der Waals surface area contributed by atoms with E-state index < -0.39 is 0 Å². The minimum absolute atomic E-state index is 0.164. The molecule has 0 radical (unpaired) electrons. The van der Waals surface area contributed by atoms with Crippen LogP contribution >= 0.6 is 0 Å². The van der Waals surface area contributed by atoms with E-state index >= 15 is 0 Å². The molecule has 0 bridgehead atoms. The van der Waals surface area contributed by atoms with Crippen molar-refractivity contribution in [3.8, 4) is 5.75 Å². The van der Waals surface area contributed by atoms with E-state index in [1.807, 2.05) is 6.07 Å². The molecule has 33 heavy (non-hydrogen) atoms. The highest BCUT2D eigenvalue weighted by Crippen LogP contribution is 2.37. The second kappa shape index (κ2) is 10.5. The van der Waals surface area contributed by atoms with Gasteiger partial charge in [-0.3, -0.25) is 9.80 Å². The molecular formula is C30H30N2O. The van der Waals surface area contributed by atoms with E-state index in [9.17, 15) is 0 Å². The van der Waals surface area contributed by atoms with E-state index in [-0.39, 0.29) is 6.17 Å². The predicted octanol–water partition coefficient (Wildman–Crippen LogP) is 6.28. The standard InChI is InChI=1S/C30H30N2O/c1-4-12-25(13-5-1)22-31-20-21-32(23-26-14-6-2-7-15-26)30(31)28-18-10-11-19-29(28)33-24-27-16-8-3-9-17-27/h1-19,30H,20-24H2. The van der Waals surface area contributed by atoms with Crippen LogP contribution in [0.25, 0.3) is 0 Å². The van der Waals surface area contributed by atoms with Crippen molar-refractivity contribution in [3.63, 3.8) is 0 Å². The van der Waals surface area contributed by atoms with E-state index in [2.05, 4.69) is 119 Å². The van der Waals surface area contributed by atoms with Gasteiger partial charge in [0, 0.05) is 31.7 Å². The van der Waals surface area contributed by atoms with Crippen molar-refractivity contribution < 1.29 is 4.74 Å². The van der Waals surface area contributed by atoms with Crippen LogP contribution in [-0.4, -0.2) is 22.9 Å². The molecule has 0 aromatic heterocycles. The zero-order valence-electron chi connectivity index (χ0n) is 18.9. The van der Waals surface area contributed by atoms with Crippen LogP contribution in [0.4, 0.5) is 0 Å². The average Bonchev–Trinajstić information content (AvgIpc) is 3.26. The molecule has 1 aliphatic rings. The number of para-hydroxylation sites is 1. The SMILES string of the molecule is c1ccc(COc2ccccc2C2N(Cc3ccccc3)CCN2Cc2ccccc2)cc1. The molecule has 1 aliphatic heterocycles. The Morgan fingerprint density at radius 1 is 0.545 bits per heavy atom. The fraction of sp³-hybridized carbons (Fsp3) is 0.200. The van der Waals surface area contributed by atoms with Gasteiger partial charge in [-0.05, 0) is 22.8 Å². The lowest BCUT2D eigenvalue weighted by atomic mass is 10.1. The van der Waals surface area contributed by atoms with Gasteiger partial charge in [0.15, 0.2) is 0 Å². The Balaban J connectivity index is 1.43. The third-order valence-electron chi connectivity index (χ3n) is 6.26. The van der Waals surface area contributed by atoms with Gasteiger partial charge < -0.3 is 4.74 Å². The average molecular weight is 435 g/mol. The molecule has 0 spiro atoms. The van der Waals surface area contributed by atoms with E-state index in [4.69, 9.17) is 4.74 Å². The number of benzene rings is 4. The molecule has 5 rings (SSSR count). The smallest absolute Gasteiger partial charge is 0.125 e. The topological polar surface area (TPSA) is 15.7 Å². The monoisotopic (exact) mass is 434 g/mol. The second-order valence-corrected chi connectivity index (χ2v) is 8.60. The van der Waals surface area contributed by atoms with Gasteiger partial charge >= 0.3 is 0 Å². The van der Waals surface area contributed by atoms with Crippen LogP contribution in [0.1, 0.15) is 28.4 Å². The van der Waals surface area contributed by atoms with Gasteiger partial charge in [0.2, 0.25) is 0 Å². The Labute approximate surface area is 196 Å². The summed E-state index contributed by atoms with van der Waals surface area (Å²) in [5, 5.41) is 0. The van der Waals surface area contributed by atoms with E-state index in [1.54, 1.807) is 0 Å². The van der Waals surface area contributed by atoms with Crippen molar-refractivity contribution in [2.75, 3.05) is 13.1 Å². The number of hydrogen-bond donors (Lipinski definition) is 0. The molecule has 1 heterocycles. The van der Waals surface area contributed by atoms with Crippen LogP contribution in [0.5, 0.6) is 5.75 Å². The van der Waals surface area contributed by atoms with Crippen LogP contribution < -0.4 is 4.74 Å². The molecule has 166 valence electrons. The van der Waals surface area contributed by atoms with Crippen LogP contribution in [0.3, 0.4) is 0 Å². The van der Waals surface area contributed by atoms with Crippen LogP contribution in [-0.2, 0) is 19.7 Å². The molecule has 0 saturated carbocycles. The van der Waals surface area contributed by atoms with Crippen molar-refractivity contribution in [3.05, 3.63) is 138 Å². The van der Waals surface area contributed by atoms with E-state index in [1.165, 1.54) is 22.3 Å². The Hall–Kier alpha value is -3.40. The maximum Gasteiger partial charge on any atom is 0.125 e. The normalized spacial score (nSPS) is 15.0. The van der Waals surface area contributed by atoms with Crippen LogP contribution in [0.15, 0.2) is 115 Å². The Morgan fingerprint density at radius 3 is 1.55 bits per heavy atom. The van der Waals surface area contributed by atoms with Crippen molar-refractivity contribution >= 4 is 0 Å². The molecule has 1 saturated heterocycles. The van der Waals surface area contributed by atoms with Gasteiger partial charge in [-0.1, -0.05) is 109 Å². The molecule has 0 amide bonds. The number of ether oxygens (including phenoxy) is 1. The Morgan fingerprint density at radius 2 is 1.00 bits per heavy atom. The molecule has 4 aromatic carbocycles. The van der Waals surface area contributed by atoms with Crippen molar-refractivity contribution in [1.82, 2.24) is 9.80 Å². The maximum atomic E-state index is 6.38. The Bertz CT molecular complexity index is 1080. The predicted molar refractivity (Wildman–Crippen MR) is 134 cm³/mol. The molecule has 1 fully saturated rings. The van der Waals surface area contributed by atoms with Crippen molar-refractivity contribution in [2.24, 2.45) is 0 Å². The number of rotatable bonds is 8. The lowest BCUT2D eigenvalue weighted by molar-refractivity contribution is 0.121. The number of hydrogen-bond acceptors (Lipinski definition) is 3. The van der Waals surface area contributed by atoms with Crippen molar-refractivity contribution in [2.45, 2.75) is 25.9 Å². The largest absolute Gasteiger partial charge is 0.489 e. The fourth-order valence-corrected chi connectivity index (χ4v) is 4.65. The van der Waals surface area contributed by atoms with Crippen LogP contribution in [0.2, 0.25) is 0 Å². The summed E-state index contributed by atoms with van der Waals surface area (Å²) in [5.41, 5.74) is 5.09. The van der Waals surface area contributed by atoms with E-state index in [0.29, 0.717) is 6.61 Å². The minimum atomic E-state index is 0.164. The first-order valence-corrected chi connectivity index (χ1v) is 11.7. The highest BCUT2D eigenvalue weighted by atomic mass is 16.5. The zero-order chi connectivity index (χ0) is 22.3. The van der Waals surface area contributed by atoms with Gasteiger partial charge in [-0.2, -0.15) is 0 Å². The summed E-state index contributed by atoms with van der Waals surface area (Å²) >= 11 is 0. The summed E-state index contributed by atoms with van der Waals surface area (Å²) in [6.45, 7) is 4.47. The zero-order valence-corrected chi connectivity index (χ0v) is 18.9. The highest BCUT2D eigenvalue weighted by Gasteiger charge is 2.34. The first-order valence-electron chi connectivity index (χ1n) is 11.7. The third kappa shape index (κ3) is 5.33. The summed E-state index contributed by atoms with van der Waals surface area (Å²) < 4.78 is 6.38. The Kier molecular flexibility index (Phi) is 6.81. The quantitative estimate of drug-likeness (QED) is 0.324. The van der Waals surface area contributed by atoms with Gasteiger partial charge in [0.1, 0.15) is 12.4 Å². The van der Waals surface area contributed by atoms with Gasteiger partial charge in [0.25, 0.3) is 0 Å². The number of nitrogens with zero attached hydrogens (tertiary/aromatic N) is 2. The lowest BCUT2D eigenvalue weighted by Crippen LogP contribution is -2.31. The first kappa shape index (κ1) is 21.4. The molecule has 0 aliphatic carbocycles. The molecule has 0 N–H and O–H groups in total. The summed E-state index contributed by atoms with van der Waals surface area (Å²) in [7, 11) is 0. The van der Waals surface area contributed by atoms with Gasteiger partial charge in [-0.15, -0.1) is 0 Å². The van der Waals surface area contributed by atoms with E-state index in [0.717, 1.165) is 31.9 Å². The molecule has 3 nitrogen and oxygen atoms in total. The summed E-state index contributed by atoms with van der Waals surface area (Å²) in [4.78, 5) is 5.14. The second-order valence-electron chi connectivity index (χ2n) is 8.60. The van der Waals surface area contributed by atoms with Gasteiger partial charge in [0.05, 0.1) is 6.17 Å². The first-order chi connectivity index (χ1) is 16.4. The summed E-state index contributed by atoms with van der Waals surface area (Å²) in [5.74, 6) is 0.962. The summed E-state index contributed by atoms with van der Waals surface area (Å²) in [6, 6.07) is 40.5. The molecular weight excluding hydrogens is 404 g/mol. The highest BCUT2D eigenvalue weighted by molar-refractivity contribution is 5.37. The maximum absolute atomic E-state index is 6.38. The molecule has 4 aromatic rings. The lowest BCUT2D eigenvalue weighted by Gasteiger charge is -2.32.